The summed E-state index contributed by atoms with van der Waals surface area (Å²) in [4.78, 5) is 24.6. The topological polar surface area (TPSA) is 75.6 Å². The third-order valence-electron chi connectivity index (χ3n) is 5.72. The Balaban J connectivity index is 1.95. The summed E-state index contributed by atoms with van der Waals surface area (Å²) in [6, 6.07) is 0. The molecular formula is C17H25NO4. The van der Waals surface area contributed by atoms with Crippen molar-refractivity contribution < 1.29 is 19.4 Å². The van der Waals surface area contributed by atoms with E-state index >= 15 is 0 Å². The molecule has 5 heteroatoms. The van der Waals surface area contributed by atoms with Gasteiger partial charge < -0.3 is 9.84 Å². The fraction of sp³-hybridized carbons (Fsp3) is 0.765. The first kappa shape index (κ1) is 15.7. The highest BCUT2D eigenvalue weighted by Gasteiger charge is 2.76. The number of piperidine rings is 1. The summed E-state index contributed by atoms with van der Waals surface area (Å²) in [6.45, 7) is 3.94. The van der Waals surface area contributed by atoms with Gasteiger partial charge in [0.2, 0.25) is 0 Å². The number of ketones is 1. The molecule has 0 aromatic carbocycles. The van der Waals surface area contributed by atoms with Gasteiger partial charge in [0.05, 0.1) is 18.6 Å². The van der Waals surface area contributed by atoms with Crippen molar-refractivity contribution in [3.8, 4) is 0 Å². The molecule has 22 heavy (non-hydrogen) atoms. The molecule has 0 aromatic rings. The van der Waals surface area contributed by atoms with Gasteiger partial charge in [0, 0.05) is 5.92 Å². The normalized spacial score (nSPS) is 42.3. The Bertz CT molecular complexity index is 517. The van der Waals surface area contributed by atoms with Crippen LogP contribution in [0.1, 0.15) is 46.0 Å². The van der Waals surface area contributed by atoms with Gasteiger partial charge >= 0.3 is 5.97 Å². The lowest BCUT2D eigenvalue weighted by molar-refractivity contribution is -0.259. The van der Waals surface area contributed by atoms with Crippen molar-refractivity contribution in [3.63, 3.8) is 0 Å². The van der Waals surface area contributed by atoms with Crippen molar-refractivity contribution in [2.24, 2.45) is 11.8 Å². The SMILES string of the molecule is CCC[C@H]1C(=O)CN[C@@]2(C(O)[C@@H]3C=CCCC3)C(=O)O[C@@]12C. The molecule has 0 bridgehead atoms. The second-order valence-electron chi connectivity index (χ2n) is 6.93. The first-order valence-electron chi connectivity index (χ1n) is 8.33. The second-order valence-corrected chi connectivity index (χ2v) is 6.93. The van der Waals surface area contributed by atoms with Crippen LogP contribution in [-0.4, -0.2) is 40.6 Å². The van der Waals surface area contributed by atoms with E-state index in [2.05, 4.69) is 11.4 Å². The smallest absolute Gasteiger partial charge is 0.333 e. The van der Waals surface area contributed by atoms with Gasteiger partial charge in [0.15, 0.2) is 16.9 Å². The minimum absolute atomic E-state index is 0.0658. The quantitative estimate of drug-likeness (QED) is 0.605. The molecule has 1 aliphatic carbocycles. The predicted octanol–water partition coefficient (Wildman–Crippen LogP) is 1.35. The maximum absolute atomic E-state index is 12.4. The molecule has 3 rings (SSSR count). The Morgan fingerprint density at radius 2 is 2.27 bits per heavy atom. The van der Waals surface area contributed by atoms with Gasteiger partial charge in [-0.1, -0.05) is 25.5 Å². The third kappa shape index (κ3) is 1.91. The number of fused-ring (bicyclic) bond motifs is 1. The van der Waals surface area contributed by atoms with Crippen LogP contribution in [0.2, 0.25) is 0 Å². The zero-order valence-electron chi connectivity index (χ0n) is 13.3. The molecule has 0 aromatic heterocycles. The van der Waals surface area contributed by atoms with E-state index < -0.39 is 23.2 Å². The minimum Gasteiger partial charge on any atom is -0.454 e. The van der Waals surface area contributed by atoms with Crippen LogP contribution in [0.4, 0.5) is 0 Å². The van der Waals surface area contributed by atoms with E-state index in [-0.39, 0.29) is 24.2 Å². The van der Waals surface area contributed by atoms with E-state index in [4.69, 9.17) is 4.74 Å². The van der Waals surface area contributed by atoms with Crippen LogP contribution in [0.25, 0.3) is 0 Å². The molecule has 5 atom stereocenters. The molecule has 3 aliphatic rings. The second kappa shape index (κ2) is 5.46. The molecule has 2 saturated heterocycles. The number of rotatable bonds is 4. The van der Waals surface area contributed by atoms with Crippen LogP contribution in [0.5, 0.6) is 0 Å². The van der Waals surface area contributed by atoms with Gasteiger partial charge in [-0.2, -0.15) is 0 Å². The third-order valence-corrected chi connectivity index (χ3v) is 5.72. The monoisotopic (exact) mass is 307 g/mol. The molecule has 1 unspecified atom stereocenters. The number of aliphatic hydroxyl groups is 1. The molecule has 122 valence electrons. The molecule has 0 saturated carbocycles. The Hall–Kier alpha value is -1.20. The van der Waals surface area contributed by atoms with Crippen LogP contribution < -0.4 is 5.32 Å². The number of Topliss-reactive ketones (excluding diaryl/α,β-unsaturated/α-hetero) is 1. The van der Waals surface area contributed by atoms with E-state index in [0.717, 1.165) is 25.7 Å². The first-order valence-corrected chi connectivity index (χ1v) is 8.33. The number of ether oxygens (including phenoxy) is 1. The summed E-state index contributed by atoms with van der Waals surface area (Å²) in [7, 11) is 0. The number of esters is 1. The van der Waals surface area contributed by atoms with Gasteiger partial charge in [0.25, 0.3) is 0 Å². The molecular weight excluding hydrogens is 282 g/mol. The predicted molar refractivity (Wildman–Crippen MR) is 81.1 cm³/mol. The van der Waals surface area contributed by atoms with Crippen LogP contribution in [0, 0.1) is 11.8 Å². The van der Waals surface area contributed by atoms with E-state index in [1.54, 1.807) is 6.92 Å². The lowest BCUT2D eigenvalue weighted by Crippen LogP contribution is -2.88. The molecule has 2 heterocycles. The summed E-state index contributed by atoms with van der Waals surface area (Å²) in [5, 5.41) is 14.0. The summed E-state index contributed by atoms with van der Waals surface area (Å²) in [5.41, 5.74) is -2.09. The lowest BCUT2D eigenvalue weighted by Gasteiger charge is -2.62. The molecule has 5 nitrogen and oxygen atoms in total. The van der Waals surface area contributed by atoms with Gasteiger partial charge in [-0.25, -0.2) is 4.79 Å². The van der Waals surface area contributed by atoms with E-state index in [9.17, 15) is 14.7 Å². The lowest BCUT2D eigenvalue weighted by atomic mass is 9.58. The highest BCUT2D eigenvalue weighted by Crippen LogP contribution is 2.51. The summed E-state index contributed by atoms with van der Waals surface area (Å²) < 4.78 is 5.48. The van der Waals surface area contributed by atoms with Gasteiger partial charge in [-0.05, 0) is 32.6 Å². The van der Waals surface area contributed by atoms with Crippen LogP contribution in [-0.2, 0) is 14.3 Å². The highest BCUT2D eigenvalue weighted by atomic mass is 16.6. The van der Waals surface area contributed by atoms with Crippen molar-refractivity contribution in [2.75, 3.05) is 6.54 Å². The zero-order valence-corrected chi connectivity index (χ0v) is 13.3. The molecule has 0 spiro atoms. The van der Waals surface area contributed by atoms with Crippen LogP contribution in [0.3, 0.4) is 0 Å². The Labute approximate surface area is 131 Å². The van der Waals surface area contributed by atoms with Gasteiger partial charge in [-0.15, -0.1) is 0 Å². The van der Waals surface area contributed by atoms with Crippen LogP contribution >= 0.6 is 0 Å². The van der Waals surface area contributed by atoms with Gasteiger partial charge in [0.1, 0.15) is 0 Å². The number of hydrogen-bond donors (Lipinski definition) is 2. The first-order chi connectivity index (χ1) is 10.5. The molecule has 0 radical (unpaired) electrons. The van der Waals surface area contributed by atoms with Crippen molar-refractivity contribution in [1.29, 1.82) is 0 Å². The van der Waals surface area contributed by atoms with Crippen molar-refractivity contribution in [3.05, 3.63) is 12.2 Å². The number of carbonyl (C=O) groups excluding carboxylic acids is 2. The summed E-state index contributed by atoms with van der Waals surface area (Å²) in [6.07, 6.45) is 7.62. The number of hydrogen-bond acceptors (Lipinski definition) is 5. The summed E-state index contributed by atoms with van der Waals surface area (Å²) in [5.74, 6) is -0.753. The van der Waals surface area contributed by atoms with Crippen LogP contribution in [0.15, 0.2) is 12.2 Å². The Morgan fingerprint density at radius 1 is 1.50 bits per heavy atom. The maximum atomic E-state index is 12.4. The fourth-order valence-electron chi connectivity index (χ4n) is 4.43. The van der Waals surface area contributed by atoms with Crippen molar-refractivity contribution >= 4 is 11.8 Å². The van der Waals surface area contributed by atoms with Gasteiger partial charge in [-0.3, -0.25) is 10.1 Å². The average molecular weight is 307 g/mol. The number of allylic oxidation sites excluding steroid dienone is 1. The standard InChI is InChI=1S/C17H25NO4/c1-3-7-12-13(19)10-18-17(15(21)22-16(12,17)2)14(20)11-8-5-4-6-9-11/h5,8,11-12,14,18,20H,3-4,6-7,9-10H2,1-2H3/t11-,12+,14?,16+,17+/m1/s1. The Kier molecular flexibility index (Phi) is 3.89. The zero-order chi connectivity index (χ0) is 16.0. The number of carbonyl (C=O) groups is 2. The average Bonchev–Trinajstić information content (AvgIpc) is 2.52. The largest absolute Gasteiger partial charge is 0.454 e. The van der Waals surface area contributed by atoms with E-state index in [1.165, 1.54) is 0 Å². The van der Waals surface area contributed by atoms with Crippen molar-refractivity contribution in [2.45, 2.75) is 63.2 Å². The van der Waals surface area contributed by atoms with E-state index in [0.29, 0.717) is 6.42 Å². The molecule has 2 fully saturated rings. The fourth-order valence-corrected chi connectivity index (χ4v) is 4.43. The molecule has 2 aliphatic heterocycles. The highest BCUT2D eigenvalue weighted by molar-refractivity contribution is 5.97. The minimum atomic E-state index is -1.15. The molecule has 2 N–H and O–H groups in total. The van der Waals surface area contributed by atoms with Crippen molar-refractivity contribution in [1.82, 2.24) is 5.32 Å². The summed E-state index contributed by atoms with van der Waals surface area (Å²) >= 11 is 0. The molecule has 0 amide bonds. The Morgan fingerprint density at radius 3 is 2.86 bits per heavy atom. The number of nitrogens with one attached hydrogen (secondary N) is 1. The number of aliphatic hydroxyl groups excluding tert-OH is 1. The maximum Gasteiger partial charge on any atom is 0.333 e. The van der Waals surface area contributed by atoms with E-state index in [1.807, 2.05) is 13.0 Å².